The van der Waals surface area contributed by atoms with Crippen molar-refractivity contribution in [3.05, 3.63) is 39.8 Å². The topological polar surface area (TPSA) is 18.5 Å². The molecule has 1 fully saturated rings. The van der Waals surface area contributed by atoms with Crippen molar-refractivity contribution in [3.63, 3.8) is 0 Å². The van der Waals surface area contributed by atoms with Gasteiger partial charge in [0.15, 0.2) is 0 Å². The SMILES string of the molecule is CCN1CCc2ccc(N3C[C@H](NC(=S)C4CC=C(Cl)S4)CC3=S)cc2CC1. The number of hydrogen-bond acceptors (Lipinski definition) is 4. The van der Waals surface area contributed by atoms with E-state index in [0.717, 1.165) is 66.2 Å². The number of nitrogens with one attached hydrogen (secondary N) is 1. The van der Waals surface area contributed by atoms with Crippen LogP contribution in [-0.2, 0) is 12.8 Å². The number of nitrogens with zero attached hydrogens (tertiary/aromatic N) is 2. The molecule has 4 rings (SSSR count). The molecule has 1 N–H and O–H groups in total. The first-order valence-corrected chi connectivity index (χ1v) is 12.1. The minimum atomic E-state index is 0.263. The molecule has 1 aromatic rings. The molecule has 2 atom stereocenters. The molecule has 3 aliphatic rings. The van der Waals surface area contributed by atoms with E-state index in [0.29, 0.717) is 0 Å². The Kier molecular flexibility index (Phi) is 6.63. The molecule has 3 heterocycles. The highest BCUT2D eigenvalue weighted by atomic mass is 35.5. The van der Waals surface area contributed by atoms with Crippen molar-refractivity contribution in [3.8, 4) is 0 Å². The molecule has 3 aliphatic heterocycles. The lowest BCUT2D eigenvalue weighted by Crippen LogP contribution is -2.40. The molecule has 3 nitrogen and oxygen atoms in total. The number of allylic oxidation sites excluding steroid dienone is 1. The van der Waals surface area contributed by atoms with E-state index in [1.807, 2.05) is 6.08 Å². The van der Waals surface area contributed by atoms with Gasteiger partial charge in [0.1, 0.15) is 0 Å². The van der Waals surface area contributed by atoms with Crippen LogP contribution in [0.2, 0.25) is 0 Å². The molecule has 7 heteroatoms. The number of hydrogen-bond donors (Lipinski definition) is 1. The third-order valence-electron chi connectivity index (χ3n) is 5.85. The molecule has 1 unspecified atom stereocenters. The Morgan fingerprint density at radius 3 is 2.79 bits per heavy atom. The molecule has 150 valence electrons. The molecule has 0 amide bonds. The first-order valence-electron chi connectivity index (χ1n) is 10.0. The van der Waals surface area contributed by atoms with Crippen molar-refractivity contribution in [2.24, 2.45) is 0 Å². The Balaban J connectivity index is 1.41. The van der Waals surface area contributed by atoms with Crippen molar-refractivity contribution in [1.29, 1.82) is 0 Å². The fraction of sp³-hybridized carbons (Fsp3) is 0.524. The number of benzene rings is 1. The lowest BCUT2D eigenvalue weighted by Gasteiger charge is -2.22. The molecule has 28 heavy (non-hydrogen) atoms. The average molecular weight is 452 g/mol. The van der Waals surface area contributed by atoms with Crippen LogP contribution in [0.1, 0.15) is 30.9 Å². The Bertz CT molecular complexity index is 810. The predicted molar refractivity (Wildman–Crippen MR) is 130 cm³/mol. The summed E-state index contributed by atoms with van der Waals surface area (Å²) in [6, 6.07) is 7.18. The molecule has 0 bridgehead atoms. The number of likely N-dealkylation sites (N-methyl/N-ethyl adjacent to an activating group) is 1. The highest BCUT2D eigenvalue weighted by Crippen LogP contribution is 2.35. The largest absolute Gasteiger partial charge is 0.374 e. The summed E-state index contributed by atoms with van der Waals surface area (Å²) in [5, 5.41) is 3.80. The summed E-state index contributed by atoms with van der Waals surface area (Å²) in [6.07, 6.45) is 6.08. The molecule has 0 saturated carbocycles. The Labute approximate surface area is 187 Å². The van der Waals surface area contributed by atoms with Crippen LogP contribution in [0.25, 0.3) is 0 Å². The van der Waals surface area contributed by atoms with Crippen molar-refractivity contribution in [1.82, 2.24) is 10.2 Å². The average Bonchev–Trinajstić information content (AvgIpc) is 3.21. The Morgan fingerprint density at radius 1 is 1.29 bits per heavy atom. The van der Waals surface area contributed by atoms with Crippen LogP contribution in [0.5, 0.6) is 0 Å². The zero-order valence-electron chi connectivity index (χ0n) is 16.1. The van der Waals surface area contributed by atoms with Gasteiger partial charge in [0.25, 0.3) is 0 Å². The van der Waals surface area contributed by atoms with E-state index in [2.05, 4.69) is 40.2 Å². The van der Waals surface area contributed by atoms with Gasteiger partial charge in [-0.2, -0.15) is 0 Å². The van der Waals surface area contributed by atoms with Gasteiger partial charge in [-0.1, -0.05) is 55.1 Å². The van der Waals surface area contributed by atoms with Gasteiger partial charge in [-0.05, 0) is 49.1 Å². The van der Waals surface area contributed by atoms with Gasteiger partial charge in [-0.3, -0.25) is 0 Å². The highest BCUT2D eigenvalue weighted by molar-refractivity contribution is 8.06. The lowest BCUT2D eigenvalue weighted by molar-refractivity contribution is 0.303. The fourth-order valence-corrected chi connectivity index (χ4v) is 6.21. The summed E-state index contributed by atoms with van der Waals surface area (Å²) < 4.78 is 0.851. The van der Waals surface area contributed by atoms with Crippen LogP contribution in [0.15, 0.2) is 28.6 Å². The molecule has 0 spiro atoms. The molecule has 0 radical (unpaired) electrons. The van der Waals surface area contributed by atoms with Crippen molar-refractivity contribution < 1.29 is 0 Å². The second kappa shape index (κ2) is 9.00. The van der Waals surface area contributed by atoms with Crippen LogP contribution in [0.3, 0.4) is 0 Å². The normalized spacial score (nSPS) is 25.4. The minimum Gasteiger partial charge on any atom is -0.374 e. The Morgan fingerprint density at radius 2 is 2.07 bits per heavy atom. The van der Waals surface area contributed by atoms with Crippen molar-refractivity contribution in [2.75, 3.05) is 31.1 Å². The second-order valence-electron chi connectivity index (χ2n) is 7.65. The quantitative estimate of drug-likeness (QED) is 0.673. The zero-order chi connectivity index (χ0) is 19.7. The third-order valence-corrected chi connectivity index (χ3v) is 8.32. The molecular formula is C21H26ClN3S3. The molecule has 0 aliphatic carbocycles. The van der Waals surface area contributed by atoms with E-state index in [-0.39, 0.29) is 11.3 Å². The summed E-state index contributed by atoms with van der Waals surface area (Å²) in [6.45, 7) is 6.55. The maximum atomic E-state index is 6.09. The zero-order valence-corrected chi connectivity index (χ0v) is 19.3. The Hall–Kier alpha value is -0.660. The van der Waals surface area contributed by atoms with Gasteiger partial charge in [-0.25, -0.2) is 0 Å². The minimum absolute atomic E-state index is 0.263. The van der Waals surface area contributed by atoms with Gasteiger partial charge >= 0.3 is 0 Å². The number of thiocarbonyl (C=S) groups is 2. The van der Waals surface area contributed by atoms with Gasteiger partial charge < -0.3 is 15.1 Å². The molecular weight excluding hydrogens is 426 g/mol. The fourth-order valence-electron chi connectivity index (χ4n) is 4.18. The van der Waals surface area contributed by atoms with Crippen LogP contribution in [0, 0.1) is 0 Å². The molecule has 1 saturated heterocycles. The standard InChI is InChI=1S/C21H26ClN3S3/c1-2-24-9-7-14-3-4-17(11-15(14)8-10-24)25-13-16(12-20(25)26)23-21(27)18-5-6-19(22)28-18/h3-4,6,11,16,18H,2,5,7-10,12-13H2,1H3,(H,23,27)/t16-,18?/m1/s1. The highest BCUT2D eigenvalue weighted by Gasteiger charge is 2.31. The van der Waals surface area contributed by atoms with Crippen molar-refractivity contribution in [2.45, 2.75) is 43.9 Å². The maximum absolute atomic E-state index is 6.09. The number of halogens is 1. The number of thioether (sulfide) groups is 1. The van der Waals surface area contributed by atoms with E-state index in [1.165, 1.54) is 16.8 Å². The monoisotopic (exact) mass is 451 g/mol. The van der Waals surface area contributed by atoms with Gasteiger partial charge in [0.2, 0.25) is 0 Å². The summed E-state index contributed by atoms with van der Waals surface area (Å²) in [7, 11) is 0. The molecule has 0 aromatic heterocycles. The van der Waals surface area contributed by atoms with Crippen molar-refractivity contribution >= 4 is 63.5 Å². The van der Waals surface area contributed by atoms with Gasteiger partial charge in [0.05, 0.1) is 25.6 Å². The smallest absolute Gasteiger partial charge is 0.0895 e. The lowest BCUT2D eigenvalue weighted by atomic mass is 10.0. The van der Waals surface area contributed by atoms with E-state index in [4.69, 9.17) is 36.0 Å². The first-order chi connectivity index (χ1) is 13.5. The summed E-state index contributed by atoms with van der Waals surface area (Å²) in [5.41, 5.74) is 4.19. The number of fused-ring (bicyclic) bond motifs is 1. The van der Waals surface area contributed by atoms with Gasteiger partial charge in [0, 0.05) is 31.7 Å². The summed E-state index contributed by atoms with van der Waals surface area (Å²) in [5.74, 6) is 0. The maximum Gasteiger partial charge on any atom is 0.0895 e. The third kappa shape index (κ3) is 4.57. The predicted octanol–water partition coefficient (Wildman–Crippen LogP) is 4.52. The van der Waals surface area contributed by atoms with Gasteiger partial charge in [-0.15, -0.1) is 11.8 Å². The number of anilines is 1. The van der Waals surface area contributed by atoms with E-state index in [1.54, 1.807) is 11.8 Å². The number of rotatable bonds is 4. The summed E-state index contributed by atoms with van der Waals surface area (Å²) in [4.78, 5) is 6.71. The van der Waals surface area contributed by atoms with Crippen LogP contribution in [0.4, 0.5) is 5.69 Å². The summed E-state index contributed by atoms with van der Waals surface area (Å²) >= 11 is 19.1. The van der Waals surface area contributed by atoms with E-state index in [9.17, 15) is 0 Å². The second-order valence-corrected chi connectivity index (χ2v) is 10.4. The van der Waals surface area contributed by atoms with E-state index < -0.39 is 0 Å². The van der Waals surface area contributed by atoms with Crippen LogP contribution in [-0.4, -0.2) is 52.3 Å². The molecule has 1 aromatic carbocycles. The first kappa shape index (κ1) is 20.6. The van der Waals surface area contributed by atoms with Crippen LogP contribution < -0.4 is 10.2 Å². The van der Waals surface area contributed by atoms with Crippen LogP contribution >= 0.6 is 47.8 Å². The van der Waals surface area contributed by atoms with E-state index >= 15 is 0 Å².